The summed E-state index contributed by atoms with van der Waals surface area (Å²) in [6, 6.07) is 66.9. The number of fused-ring (bicyclic) bond motifs is 6. The summed E-state index contributed by atoms with van der Waals surface area (Å²) in [6.45, 7) is 4.52. The summed E-state index contributed by atoms with van der Waals surface area (Å²) in [5.74, 6) is -6.52. The predicted octanol–water partition coefficient (Wildman–Crippen LogP) is 18.3. The van der Waals surface area contributed by atoms with Crippen LogP contribution in [-0.2, 0) is 14.2 Å². The Hall–Kier alpha value is -15.4. The van der Waals surface area contributed by atoms with Crippen LogP contribution in [0.2, 0.25) is 0 Å². The molecule has 0 N–H and O–H groups in total. The molecule has 596 valence electrons. The molecule has 0 radical (unpaired) electrons. The van der Waals surface area contributed by atoms with Crippen molar-refractivity contribution in [3.8, 4) is 0 Å². The standard InChI is InChI=1S/C103H64N6O15/c1-49(104-92(110)68-31-19-56-62-25-37-74-89-75(99(117)107(98(74)116)53-13-7-4-8-14-53)38-26-63(83(62)89)57-20-32-69(93(104)111)86(68)80(56)57)43-122-46-52(47-123-44-50(2)105-94(112)70-33-21-58-64-27-39-76-90-77(101(119)108(100(76)118)54-15-9-5-10-16-54)40-28-65(84(64)90)59-22-34-71(95(105)113)87(70)81(58)59)48-124-45-51(3)106-96(114)72-35-23-60-66-29-41-78-91-79(103(121)109(102(78)120)55-17-11-6-12-18-55)42-30-67(85(66)91)61-24-36-73(97(106)115)88(72)82(60)61/h4-42,49-52H,43-48H2,1-3H3. The number of anilines is 3. The van der Waals surface area contributed by atoms with Gasteiger partial charge >= 0.3 is 0 Å². The number of ether oxygens (including phenoxy) is 3. The molecule has 12 amide bonds. The smallest absolute Gasteiger partial charge is 0.265 e. The molecule has 3 atom stereocenters. The van der Waals surface area contributed by atoms with Gasteiger partial charge in [0.15, 0.2) is 0 Å². The summed E-state index contributed by atoms with van der Waals surface area (Å²) < 4.78 is 19.6. The maximum absolute atomic E-state index is 15.1. The molecule has 6 aliphatic heterocycles. The van der Waals surface area contributed by atoms with Crippen LogP contribution in [0.1, 0.15) is 145 Å². The van der Waals surface area contributed by atoms with Gasteiger partial charge in [0.25, 0.3) is 70.9 Å². The van der Waals surface area contributed by atoms with E-state index in [4.69, 9.17) is 14.2 Å². The van der Waals surface area contributed by atoms with E-state index in [0.717, 1.165) is 80.8 Å². The molecule has 0 bridgehead atoms. The molecule has 3 unspecified atom stereocenters. The van der Waals surface area contributed by atoms with Crippen LogP contribution in [0.3, 0.4) is 0 Å². The second-order valence-electron chi connectivity index (χ2n) is 33.2. The van der Waals surface area contributed by atoms with Crippen molar-refractivity contribution in [1.82, 2.24) is 14.7 Å². The first-order valence-electron chi connectivity index (χ1n) is 41.2. The second-order valence-corrected chi connectivity index (χ2v) is 33.2. The van der Waals surface area contributed by atoms with Crippen molar-refractivity contribution in [1.29, 1.82) is 0 Å². The maximum atomic E-state index is 15.1. The number of para-hydroxylation sites is 3. The van der Waals surface area contributed by atoms with Crippen LogP contribution < -0.4 is 14.7 Å². The van der Waals surface area contributed by atoms with Crippen LogP contribution in [0.25, 0.3) is 129 Å². The molecular weight excluding hydrogens is 1560 g/mol. The fraction of sp³-hybridized carbons (Fsp3) is 0.126. The van der Waals surface area contributed by atoms with Crippen molar-refractivity contribution in [2.45, 2.75) is 38.9 Å². The second kappa shape index (κ2) is 26.3. The molecule has 0 aliphatic carbocycles. The molecule has 21 heteroatoms. The molecule has 18 aromatic rings. The van der Waals surface area contributed by atoms with Crippen LogP contribution in [0.4, 0.5) is 17.1 Å². The lowest BCUT2D eigenvalue weighted by molar-refractivity contribution is -0.0282. The third-order valence-electron chi connectivity index (χ3n) is 26.5. The van der Waals surface area contributed by atoms with E-state index in [0.29, 0.717) is 132 Å². The van der Waals surface area contributed by atoms with Gasteiger partial charge in [0.05, 0.1) is 74.8 Å². The number of amides is 12. The maximum Gasteiger partial charge on any atom is 0.265 e. The van der Waals surface area contributed by atoms with Crippen LogP contribution >= 0.6 is 0 Å². The minimum Gasteiger partial charge on any atom is -0.379 e. The first-order valence-corrected chi connectivity index (χ1v) is 41.2. The summed E-state index contributed by atoms with van der Waals surface area (Å²) in [5, 5.41) is 16.2. The van der Waals surface area contributed by atoms with Gasteiger partial charge < -0.3 is 14.2 Å². The van der Waals surface area contributed by atoms with E-state index in [1.807, 2.05) is 91.0 Å². The highest BCUT2D eigenvalue weighted by Crippen LogP contribution is 2.52. The zero-order chi connectivity index (χ0) is 84.2. The highest BCUT2D eigenvalue weighted by molar-refractivity contribution is 6.48. The van der Waals surface area contributed by atoms with E-state index >= 15 is 28.8 Å². The van der Waals surface area contributed by atoms with E-state index < -0.39 is 94.9 Å². The summed E-state index contributed by atoms with van der Waals surface area (Å²) in [6.07, 6.45) is 0. The molecule has 0 fully saturated rings. The first kappa shape index (κ1) is 72.6. The number of carbonyl (C=O) groups excluding carboxylic acids is 12. The Morgan fingerprint density at radius 1 is 0.185 bits per heavy atom. The number of hydrogen-bond acceptors (Lipinski definition) is 15. The lowest BCUT2D eigenvalue weighted by atomic mass is 9.82. The van der Waals surface area contributed by atoms with Crippen LogP contribution in [-0.4, -0.2) is 143 Å². The third-order valence-corrected chi connectivity index (χ3v) is 26.5. The Balaban J connectivity index is 0.507. The van der Waals surface area contributed by atoms with E-state index in [2.05, 4.69) is 0 Å². The molecular formula is C103H64N6O15. The molecule has 0 saturated heterocycles. The van der Waals surface area contributed by atoms with Gasteiger partial charge in [-0.1, -0.05) is 127 Å². The van der Waals surface area contributed by atoms with Gasteiger partial charge in [-0.15, -0.1) is 0 Å². The van der Waals surface area contributed by atoms with Gasteiger partial charge in [-0.2, -0.15) is 0 Å². The van der Waals surface area contributed by atoms with Gasteiger partial charge in [0, 0.05) is 105 Å². The summed E-state index contributed by atoms with van der Waals surface area (Å²) in [5.41, 5.74) is 5.44. The molecule has 21 nitrogen and oxygen atoms in total. The number of rotatable bonds is 18. The molecule has 24 rings (SSSR count). The Morgan fingerprint density at radius 3 is 0.500 bits per heavy atom. The van der Waals surface area contributed by atoms with Gasteiger partial charge in [0.2, 0.25) is 0 Å². The fourth-order valence-corrected chi connectivity index (χ4v) is 21.1. The van der Waals surface area contributed by atoms with Gasteiger partial charge in [-0.25, -0.2) is 14.7 Å². The molecule has 6 aliphatic rings. The molecule has 6 heterocycles. The fourth-order valence-electron chi connectivity index (χ4n) is 21.1. The Morgan fingerprint density at radius 2 is 0.339 bits per heavy atom. The zero-order valence-electron chi connectivity index (χ0n) is 66.4. The van der Waals surface area contributed by atoms with E-state index in [9.17, 15) is 28.8 Å². The van der Waals surface area contributed by atoms with Crippen molar-refractivity contribution in [3.05, 3.63) is 303 Å². The Bertz CT molecular complexity index is 7000. The van der Waals surface area contributed by atoms with Crippen LogP contribution in [0.5, 0.6) is 0 Å². The normalized spacial score (nSPS) is 16.3. The third kappa shape index (κ3) is 9.67. The number of carbonyl (C=O) groups is 12. The summed E-state index contributed by atoms with van der Waals surface area (Å²) >= 11 is 0. The van der Waals surface area contributed by atoms with Crippen molar-refractivity contribution in [2.24, 2.45) is 5.92 Å². The van der Waals surface area contributed by atoms with Gasteiger partial charge in [-0.05, 0) is 227 Å². The number of imide groups is 6. The first-order chi connectivity index (χ1) is 60.4. The summed E-state index contributed by atoms with van der Waals surface area (Å²) in [4.78, 5) is 184. The lowest BCUT2D eigenvalue weighted by Gasteiger charge is -2.34. The van der Waals surface area contributed by atoms with Gasteiger partial charge in [-0.3, -0.25) is 72.2 Å². The van der Waals surface area contributed by atoms with Gasteiger partial charge in [0.1, 0.15) is 0 Å². The lowest BCUT2D eigenvalue weighted by Crippen LogP contribution is -2.48. The zero-order valence-corrected chi connectivity index (χ0v) is 66.4. The number of benzene rings is 18. The van der Waals surface area contributed by atoms with E-state index in [1.165, 1.54) is 29.4 Å². The number of hydrogen-bond donors (Lipinski definition) is 0. The SMILES string of the molecule is CC(COCC(COCC(C)N1C(=O)c2ccc3c4ccc5c6c(ccc(c7ccc(c2c37)C1=O)c64)C(=O)N(c1ccccc1)C5=O)COCC(C)N1C(=O)c2ccc3c4ccc5c6c(ccc(c7ccc(c2c37)C1=O)c64)C(=O)N(c1ccccc1)C5=O)N1C(=O)c2ccc3c4ccc5c6c(ccc(c7ccc(c2c37)C1=O)c64)C(=O)N(c1ccccc1)C5=O. The van der Waals surface area contributed by atoms with Crippen LogP contribution in [0, 0.1) is 5.92 Å². The van der Waals surface area contributed by atoms with Crippen molar-refractivity contribution in [3.63, 3.8) is 0 Å². The van der Waals surface area contributed by atoms with Crippen molar-refractivity contribution in [2.75, 3.05) is 54.3 Å². The highest BCUT2D eigenvalue weighted by atomic mass is 16.5. The molecule has 0 spiro atoms. The molecule has 124 heavy (non-hydrogen) atoms. The van der Waals surface area contributed by atoms with Crippen LogP contribution in [0.15, 0.2) is 237 Å². The summed E-state index contributed by atoms with van der Waals surface area (Å²) in [7, 11) is 0. The Kier molecular flexibility index (Phi) is 15.4. The van der Waals surface area contributed by atoms with E-state index in [1.54, 1.807) is 166 Å². The quantitative estimate of drug-likeness (QED) is 0.0440. The van der Waals surface area contributed by atoms with Crippen molar-refractivity contribution < 1.29 is 71.7 Å². The molecule has 18 aromatic carbocycles. The Labute approximate surface area is 702 Å². The predicted molar refractivity (Wildman–Crippen MR) is 472 cm³/mol. The van der Waals surface area contributed by atoms with Crippen molar-refractivity contribution >= 4 is 217 Å². The topological polar surface area (TPSA) is 252 Å². The average Bonchev–Trinajstić information content (AvgIpc) is 0.695. The minimum absolute atomic E-state index is 0.0717. The monoisotopic (exact) mass is 1620 g/mol. The van der Waals surface area contributed by atoms with E-state index in [-0.39, 0.29) is 39.6 Å². The average molecular weight is 1630 g/mol. The highest BCUT2D eigenvalue weighted by Gasteiger charge is 2.45. The molecule has 0 aromatic heterocycles. The molecule has 0 saturated carbocycles. The minimum atomic E-state index is -0.839. The number of nitrogens with zero attached hydrogens (tertiary/aromatic N) is 6. The largest absolute Gasteiger partial charge is 0.379 e.